The van der Waals surface area contributed by atoms with E-state index in [0.29, 0.717) is 40.1 Å². The molecule has 0 aliphatic heterocycles. The van der Waals surface area contributed by atoms with Crippen LogP contribution in [-0.2, 0) is 11.4 Å². The lowest BCUT2D eigenvalue weighted by molar-refractivity contribution is -0.112. The van der Waals surface area contributed by atoms with Gasteiger partial charge in [-0.05, 0) is 72.7 Å². The second-order valence-electron chi connectivity index (χ2n) is 7.03. The van der Waals surface area contributed by atoms with Crippen molar-refractivity contribution in [1.29, 1.82) is 5.26 Å². The average Bonchev–Trinajstić information content (AvgIpc) is 2.83. The van der Waals surface area contributed by atoms with Crippen LogP contribution in [0, 0.1) is 11.3 Å². The van der Waals surface area contributed by atoms with Crippen molar-refractivity contribution >= 4 is 40.9 Å². The van der Waals surface area contributed by atoms with Gasteiger partial charge in [-0.25, -0.2) is 0 Å². The number of nitriles is 1. The molecule has 34 heavy (non-hydrogen) atoms. The Bertz CT molecular complexity index is 1230. The molecule has 0 saturated heterocycles. The van der Waals surface area contributed by atoms with Gasteiger partial charge in [0.2, 0.25) is 0 Å². The second-order valence-corrected chi connectivity index (χ2v) is 7.88. The maximum atomic E-state index is 12.6. The third-order valence-corrected chi connectivity index (χ3v) is 5.14. The number of methoxy groups -OCH3 is 1. The minimum atomic E-state index is -0.553. The number of rotatable bonds is 9. The van der Waals surface area contributed by atoms with Crippen molar-refractivity contribution in [3.8, 4) is 23.3 Å². The first-order valence-corrected chi connectivity index (χ1v) is 11.1. The molecule has 0 bridgehead atoms. The van der Waals surface area contributed by atoms with Crippen LogP contribution in [0.5, 0.6) is 17.2 Å². The topological polar surface area (TPSA) is 80.6 Å². The van der Waals surface area contributed by atoms with Gasteiger partial charge in [0.05, 0.1) is 18.7 Å². The van der Waals surface area contributed by atoms with Crippen LogP contribution in [0.4, 0.5) is 5.69 Å². The molecule has 8 heteroatoms. The van der Waals surface area contributed by atoms with E-state index < -0.39 is 5.91 Å². The quantitative estimate of drug-likeness (QED) is 0.269. The van der Waals surface area contributed by atoms with Crippen molar-refractivity contribution in [2.75, 3.05) is 19.0 Å². The molecule has 3 aromatic rings. The number of halogens is 2. The van der Waals surface area contributed by atoms with Crippen molar-refractivity contribution < 1.29 is 19.0 Å². The molecule has 0 heterocycles. The van der Waals surface area contributed by atoms with E-state index in [-0.39, 0.29) is 17.2 Å². The summed E-state index contributed by atoms with van der Waals surface area (Å²) < 4.78 is 16.7. The highest BCUT2D eigenvalue weighted by molar-refractivity contribution is 6.32. The lowest BCUT2D eigenvalue weighted by Crippen LogP contribution is -2.13. The number of carbonyl (C=O) groups is 1. The van der Waals surface area contributed by atoms with Crippen LogP contribution in [0.25, 0.3) is 6.08 Å². The average molecular weight is 497 g/mol. The van der Waals surface area contributed by atoms with Crippen molar-refractivity contribution in [2.24, 2.45) is 0 Å². The van der Waals surface area contributed by atoms with Gasteiger partial charge in [0.1, 0.15) is 24.0 Å². The molecule has 0 spiro atoms. The van der Waals surface area contributed by atoms with E-state index >= 15 is 0 Å². The second kappa shape index (κ2) is 12.0. The lowest BCUT2D eigenvalue weighted by Gasteiger charge is -2.14. The van der Waals surface area contributed by atoms with Gasteiger partial charge in [-0.1, -0.05) is 35.3 Å². The van der Waals surface area contributed by atoms with Gasteiger partial charge in [0.25, 0.3) is 5.91 Å². The smallest absolute Gasteiger partial charge is 0.266 e. The molecule has 0 aliphatic rings. The third-order valence-electron chi connectivity index (χ3n) is 4.62. The number of nitrogens with zero attached hydrogens (tertiary/aromatic N) is 1. The van der Waals surface area contributed by atoms with Gasteiger partial charge in [-0.15, -0.1) is 0 Å². The Hall–Kier alpha value is -3.66. The first-order valence-electron chi connectivity index (χ1n) is 10.3. The van der Waals surface area contributed by atoms with Crippen molar-refractivity contribution in [2.45, 2.75) is 13.5 Å². The number of carbonyl (C=O) groups excluding carboxylic acids is 1. The summed E-state index contributed by atoms with van der Waals surface area (Å²) in [7, 11) is 1.48. The number of ether oxygens (including phenoxy) is 3. The first-order chi connectivity index (χ1) is 16.4. The van der Waals surface area contributed by atoms with Gasteiger partial charge >= 0.3 is 0 Å². The van der Waals surface area contributed by atoms with Gasteiger partial charge in [-0.2, -0.15) is 5.26 Å². The van der Waals surface area contributed by atoms with Crippen LogP contribution < -0.4 is 19.5 Å². The molecule has 1 N–H and O–H groups in total. The summed E-state index contributed by atoms with van der Waals surface area (Å²) in [6.45, 7) is 2.67. The number of nitrogens with one attached hydrogen (secondary N) is 1. The maximum absolute atomic E-state index is 12.6. The molecule has 1 amide bonds. The zero-order valence-corrected chi connectivity index (χ0v) is 20.1. The fourth-order valence-electron chi connectivity index (χ4n) is 3.06. The summed E-state index contributed by atoms with van der Waals surface area (Å²) in [4.78, 5) is 12.6. The molecule has 174 valence electrons. The SMILES string of the molecule is CCOc1ccc(NC(=O)/C(C#N)=C/c2cc(Cl)c(OCc3cccc(Cl)c3)c(OC)c2)cc1. The fraction of sp³-hybridized carbons (Fsp3) is 0.154. The summed E-state index contributed by atoms with van der Waals surface area (Å²) in [5, 5.41) is 13.1. The molecule has 3 aromatic carbocycles. The number of anilines is 1. The molecule has 0 unspecified atom stereocenters. The number of hydrogen-bond donors (Lipinski definition) is 1. The van der Waals surface area contributed by atoms with Crippen LogP contribution in [0.2, 0.25) is 10.0 Å². The molecule has 0 atom stereocenters. The van der Waals surface area contributed by atoms with Crippen LogP contribution in [0.3, 0.4) is 0 Å². The molecular weight excluding hydrogens is 475 g/mol. The lowest BCUT2D eigenvalue weighted by atomic mass is 10.1. The molecule has 0 aliphatic carbocycles. The number of hydrogen-bond acceptors (Lipinski definition) is 5. The van der Waals surface area contributed by atoms with Crippen molar-refractivity contribution in [3.05, 3.63) is 87.4 Å². The predicted molar refractivity (Wildman–Crippen MR) is 134 cm³/mol. The summed E-state index contributed by atoms with van der Waals surface area (Å²) in [5.74, 6) is 0.850. The molecule has 0 aromatic heterocycles. The third kappa shape index (κ3) is 6.67. The van der Waals surface area contributed by atoms with E-state index in [1.807, 2.05) is 25.1 Å². The van der Waals surface area contributed by atoms with E-state index in [9.17, 15) is 10.1 Å². The zero-order chi connectivity index (χ0) is 24.5. The Labute approximate surface area is 208 Å². The van der Waals surface area contributed by atoms with Crippen LogP contribution in [0.1, 0.15) is 18.1 Å². The maximum Gasteiger partial charge on any atom is 0.266 e. The molecule has 3 rings (SSSR count). The van der Waals surface area contributed by atoms with Crippen LogP contribution in [-0.4, -0.2) is 19.6 Å². The van der Waals surface area contributed by atoms with Gasteiger partial charge < -0.3 is 19.5 Å². The van der Waals surface area contributed by atoms with Gasteiger partial charge in [-0.3, -0.25) is 4.79 Å². The Kier molecular flexibility index (Phi) is 8.80. The van der Waals surface area contributed by atoms with E-state index in [0.717, 1.165) is 5.56 Å². The van der Waals surface area contributed by atoms with E-state index in [1.165, 1.54) is 13.2 Å². The van der Waals surface area contributed by atoms with Gasteiger partial charge in [0, 0.05) is 10.7 Å². The van der Waals surface area contributed by atoms with Crippen LogP contribution >= 0.6 is 23.2 Å². The van der Waals surface area contributed by atoms with E-state index in [2.05, 4.69) is 5.32 Å². The molecule has 6 nitrogen and oxygen atoms in total. The highest BCUT2D eigenvalue weighted by atomic mass is 35.5. The number of amides is 1. The summed E-state index contributed by atoms with van der Waals surface area (Å²) in [6.07, 6.45) is 1.43. The van der Waals surface area contributed by atoms with E-state index in [1.54, 1.807) is 48.5 Å². The zero-order valence-electron chi connectivity index (χ0n) is 18.6. The van der Waals surface area contributed by atoms with E-state index in [4.69, 9.17) is 37.4 Å². The monoisotopic (exact) mass is 496 g/mol. The van der Waals surface area contributed by atoms with Crippen molar-refractivity contribution in [1.82, 2.24) is 0 Å². The van der Waals surface area contributed by atoms with Crippen LogP contribution in [0.15, 0.2) is 66.2 Å². The Morgan fingerprint density at radius 2 is 1.85 bits per heavy atom. The largest absolute Gasteiger partial charge is 0.494 e. The molecule has 0 radical (unpaired) electrons. The normalized spacial score (nSPS) is 10.9. The Morgan fingerprint density at radius 1 is 1.09 bits per heavy atom. The molecule has 0 fully saturated rings. The highest BCUT2D eigenvalue weighted by Gasteiger charge is 2.15. The summed E-state index contributed by atoms with van der Waals surface area (Å²) >= 11 is 12.4. The first kappa shape index (κ1) is 25.0. The number of benzene rings is 3. The fourth-order valence-corrected chi connectivity index (χ4v) is 3.55. The summed E-state index contributed by atoms with van der Waals surface area (Å²) in [5.41, 5.74) is 1.82. The Balaban J connectivity index is 1.77. The minimum absolute atomic E-state index is 0.0976. The molecule has 0 saturated carbocycles. The minimum Gasteiger partial charge on any atom is -0.494 e. The predicted octanol–water partition coefficient (Wildman–Crippen LogP) is 6.53. The molecular formula is C26H22Cl2N2O4. The highest BCUT2D eigenvalue weighted by Crippen LogP contribution is 2.37. The van der Waals surface area contributed by atoms with Gasteiger partial charge in [0.15, 0.2) is 11.5 Å². The Morgan fingerprint density at radius 3 is 2.50 bits per heavy atom. The standard InChI is InChI=1S/C26H22Cl2N2O4/c1-3-33-22-9-7-21(8-10-22)30-26(31)19(15-29)11-18-13-23(28)25(24(14-18)32-2)34-16-17-5-4-6-20(27)12-17/h4-14H,3,16H2,1-2H3,(H,30,31)/b19-11+. The van der Waals surface area contributed by atoms with Crippen molar-refractivity contribution in [3.63, 3.8) is 0 Å². The summed E-state index contributed by atoms with van der Waals surface area (Å²) in [6, 6.07) is 19.3.